The van der Waals surface area contributed by atoms with Gasteiger partial charge in [0.15, 0.2) is 0 Å². The summed E-state index contributed by atoms with van der Waals surface area (Å²) in [6.07, 6.45) is 1.91. The van der Waals surface area contributed by atoms with Gasteiger partial charge < -0.3 is 5.11 Å². The molecule has 0 aliphatic heterocycles. The van der Waals surface area contributed by atoms with Gasteiger partial charge in [-0.3, -0.25) is 0 Å². The molecule has 0 unspecified atom stereocenters. The zero-order valence-electron chi connectivity index (χ0n) is 8.51. The molecule has 3 nitrogen and oxygen atoms in total. The van der Waals surface area contributed by atoms with E-state index in [2.05, 4.69) is 0 Å². The molecule has 0 spiro atoms. The van der Waals surface area contributed by atoms with Gasteiger partial charge in [0, 0.05) is 11.2 Å². The van der Waals surface area contributed by atoms with Crippen molar-refractivity contribution in [1.29, 1.82) is 0 Å². The van der Waals surface area contributed by atoms with Crippen LogP contribution in [-0.4, -0.2) is 31.3 Å². The zero-order valence-corrected chi connectivity index (χ0v) is 10.1. The second-order valence-corrected chi connectivity index (χ2v) is 6.75. The Hall–Kier alpha value is -0.680. The van der Waals surface area contributed by atoms with Crippen LogP contribution in [0.2, 0.25) is 0 Å². The van der Waals surface area contributed by atoms with Crippen molar-refractivity contribution in [3.05, 3.63) is 24.3 Å². The van der Waals surface area contributed by atoms with Gasteiger partial charge in [0.25, 0.3) is 0 Å². The van der Waals surface area contributed by atoms with E-state index in [-0.39, 0.29) is 11.5 Å². The van der Waals surface area contributed by atoms with Gasteiger partial charge in [0.1, 0.15) is 15.6 Å². The van der Waals surface area contributed by atoms with Crippen molar-refractivity contribution in [3.63, 3.8) is 0 Å². The number of sulfone groups is 1. The van der Waals surface area contributed by atoms with Gasteiger partial charge in [0.2, 0.25) is 0 Å². The van der Waals surface area contributed by atoms with Crippen molar-refractivity contribution < 1.29 is 13.5 Å². The van der Waals surface area contributed by atoms with Crippen LogP contribution in [0.4, 0.5) is 0 Å². The quantitative estimate of drug-likeness (QED) is 0.637. The van der Waals surface area contributed by atoms with E-state index in [0.717, 1.165) is 10.6 Å². The summed E-state index contributed by atoms with van der Waals surface area (Å²) in [6, 6.07) is 6.89. The number of phenolic OH excluding ortho intramolecular Hbond substituents is 1. The Kier molecular flexibility index (Phi) is 4.47. The maximum atomic E-state index is 10.8. The third-order valence-electron chi connectivity index (χ3n) is 1.76. The minimum Gasteiger partial charge on any atom is -0.508 e. The second-order valence-electron chi connectivity index (χ2n) is 3.33. The third-order valence-corrected chi connectivity index (χ3v) is 3.89. The molecule has 0 saturated carbocycles. The fourth-order valence-corrected chi connectivity index (χ4v) is 2.76. The monoisotopic (exact) mass is 246 g/mol. The number of aromatic hydroxyl groups is 1. The van der Waals surface area contributed by atoms with Gasteiger partial charge in [-0.2, -0.15) is 0 Å². The van der Waals surface area contributed by atoms with E-state index >= 15 is 0 Å². The number of phenols is 1. The van der Waals surface area contributed by atoms with Crippen LogP contribution in [-0.2, 0) is 9.84 Å². The molecule has 0 atom stereocenters. The summed E-state index contributed by atoms with van der Waals surface area (Å²) in [5, 5.41) is 9.05. The molecule has 1 aromatic carbocycles. The number of hydrogen-bond acceptors (Lipinski definition) is 4. The minimum absolute atomic E-state index is 0.234. The maximum absolute atomic E-state index is 10.8. The number of rotatable bonds is 5. The molecule has 0 heterocycles. The maximum Gasteiger partial charge on any atom is 0.147 e. The third kappa shape index (κ3) is 5.69. The first kappa shape index (κ1) is 12.4. The van der Waals surface area contributed by atoms with E-state index in [9.17, 15) is 8.42 Å². The Morgan fingerprint density at radius 3 is 2.40 bits per heavy atom. The fraction of sp³-hybridized carbons (Fsp3) is 0.400. The highest BCUT2D eigenvalue weighted by Gasteiger charge is 2.01. The van der Waals surface area contributed by atoms with Crippen LogP contribution < -0.4 is 0 Å². The summed E-state index contributed by atoms with van der Waals surface area (Å²) in [7, 11) is -2.84. The molecule has 0 saturated heterocycles. The van der Waals surface area contributed by atoms with Crippen LogP contribution in [0.1, 0.15) is 6.42 Å². The van der Waals surface area contributed by atoms with Gasteiger partial charge in [-0.1, -0.05) is 0 Å². The molecule has 0 aliphatic carbocycles. The predicted molar refractivity (Wildman–Crippen MR) is 63.2 cm³/mol. The Bertz CT molecular complexity index is 395. The first-order valence-corrected chi connectivity index (χ1v) is 7.61. The van der Waals surface area contributed by atoms with Crippen molar-refractivity contribution in [2.45, 2.75) is 11.3 Å². The molecular formula is C10H14O3S2. The van der Waals surface area contributed by atoms with E-state index in [0.29, 0.717) is 6.42 Å². The highest BCUT2D eigenvalue weighted by atomic mass is 32.2. The van der Waals surface area contributed by atoms with Crippen LogP contribution in [0.5, 0.6) is 5.75 Å². The Labute approximate surface area is 94.4 Å². The lowest BCUT2D eigenvalue weighted by Gasteiger charge is -2.01. The Balaban J connectivity index is 2.29. The first-order valence-electron chi connectivity index (χ1n) is 4.57. The molecular weight excluding hydrogens is 232 g/mol. The minimum atomic E-state index is -2.84. The van der Waals surface area contributed by atoms with Gasteiger partial charge in [-0.05, 0) is 36.4 Å². The predicted octanol–water partition coefficient (Wildman–Crippen LogP) is 1.92. The van der Waals surface area contributed by atoms with Crippen molar-refractivity contribution >= 4 is 21.6 Å². The normalized spacial score (nSPS) is 11.5. The molecule has 0 aromatic heterocycles. The van der Waals surface area contributed by atoms with E-state index in [4.69, 9.17) is 5.11 Å². The van der Waals surface area contributed by atoms with Crippen molar-refractivity contribution in [3.8, 4) is 5.75 Å². The first-order chi connectivity index (χ1) is 6.97. The van der Waals surface area contributed by atoms with Crippen LogP contribution in [0.3, 0.4) is 0 Å². The van der Waals surface area contributed by atoms with Crippen molar-refractivity contribution in [1.82, 2.24) is 0 Å². The zero-order chi connectivity index (χ0) is 11.3. The van der Waals surface area contributed by atoms with Crippen LogP contribution in [0.25, 0.3) is 0 Å². The van der Waals surface area contributed by atoms with Crippen LogP contribution in [0.15, 0.2) is 29.2 Å². The average Bonchev–Trinajstić information content (AvgIpc) is 2.14. The Morgan fingerprint density at radius 2 is 1.87 bits per heavy atom. The fourth-order valence-electron chi connectivity index (χ4n) is 1.05. The lowest BCUT2D eigenvalue weighted by molar-refractivity contribution is 0.475. The summed E-state index contributed by atoms with van der Waals surface area (Å²) in [6.45, 7) is 0. The smallest absolute Gasteiger partial charge is 0.147 e. The van der Waals surface area contributed by atoms with Gasteiger partial charge in [-0.15, -0.1) is 11.8 Å². The summed E-state index contributed by atoms with van der Waals surface area (Å²) in [5.41, 5.74) is 0. The number of benzene rings is 1. The average molecular weight is 246 g/mol. The molecule has 1 rings (SSSR count). The van der Waals surface area contributed by atoms with Gasteiger partial charge in [0.05, 0.1) is 5.75 Å². The molecule has 0 fully saturated rings. The molecule has 0 radical (unpaired) electrons. The van der Waals surface area contributed by atoms with Crippen molar-refractivity contribution in [2.75, 3.05) is 17.8 Å². The van der Waals surface area contributed by atoms with Gasteiger partial charge >= 0.3 is 0 Å². The van der Waals surface area contributed by atoms with E-state index in [1.54, 1.807) is 23.9 Å². The number of hydrogen-bond donors (Lipinski definition) is 1. The molecule has 1 N–H and O–H groups in total. The molecule has 15 heavy (non-hydrogen) atoms. The SMILES string of the molecule is CS(=O)(=O)CCCSc1ccc(O)cc1. The van der Waals surface area contributed by atoms with E-state index in [1.807, 2.05) is 12.1 Å². The van der Waals surface area contributed by atoms with Crippen LogP contribution in [0, 0.1) is 0 Å². The molecule has 5 heteroatoms. The largest absolute Gasteiger partial charge is 0.508 e. The highest BCUT2D eigenvalue weighted by Crippen LogP contribution is 2.21. The van der Waals surface area contributed by atoms with Crippen molar-refractivity contribution in [2.24, 2.45) is 0 Å². The highest BCUT2D eigenvalue weighted by molar-refractivity contribution is 7.99. The topological polar surface area (TPSA) is 54.4 Å². The molecule has 0 aliphatic rings. The van der Waals surface area contributed by atoms with E-state index < -0.39 is 9.84 Å². The number of thioether (sulfide) groups is 1. The lowest BCUT2D eigenvalue weighted by atomic mass is 10.3. The summed E-state index contributed by atoms with van der Waals surface area (Å²) in [4.78, 5) is 1.04. The van der Waals surface area contributed by atoms with Gasteiger partial charge in [-0.25, -0.2) is 8.42 Å². The van der Waals surface area contributed by atoms with E-state index in [1.165, 1.54) is 6.26 Å². The molecule has 84 valence electrons. The molecule has 0 bridgehead atoms. The standard InChI is InChI=1S/C10H14O3S2/c1-15(12,13)8-2-7-14-10-5-3-9(11)4-6-10/h3-6,11H,2,7-8H2,1H3. The van der Waals surface area contributed by atoms with Crippen LogP contribution >= 0.6 is 11.8 Å². The summed E-state index contributed by atoms with van der Waals surface area (Å²) in [5.74, 6) is 1.26. The lowest BCUT2D eigenvalue weighted by Crippen LogP contribution is -2.03. The molecule has 1 aromatic rings. The second kappa shape index (κ2) is 5.42. The summed E-state index contributed by atoms with van der Waals surface area (Å²) >= 11 is 1.59. The summed E-state index contributed by atoms with van der Waals surface area (Å²) < 4.78 is 21.7. The Morgan fingerprint density at radius 1 is 1.27 bits per heavy atom. The molecule has 0 amide bonds.